The van der Waals surface area contributed by atoms with Gasteiger partial charge in [-0.1, -0.05) is 42.5 Å². The number of nitrogens with two attached hydrogens (primary N) is 1. The van der Waals surface area contributed by atoms with Gasteiger partial charge in [-0.2, -0.15) is 0 Å². The Labute approximate surface area is 117 Å². The van der Waals surface area contributed by atoms with E-state index in [2.05, 4.69) is 39.7 Å². The lowest BCUT2D eigenvalue weighted by atomic mass is 9.97. The van der Waals surface area contributed by atoms with Crippen LogP contribution in [-0.2, 0) is 0 Å². The second-order valence-corrected chi connectivity index (χ2v) is 4.70. The predicted octanol–water partition coefficient (Wildman–Crippen LogP) is 2.49. The van der Waals surface area contributed by atoms with E-state index < -0.39 is 0 Å². The highest BCUT2D eigenvalue weighted by Crippen LogP contribution is 2.27. The molecule has 0 bridgehead atoms. The highest BCUT2D eigenvalue weighted by Gasteiger charge is 2.16. The Morgan fingerprint density at radius 3 is 2.65 bits per heavy atom. The zero-order valence-corrected chi connectivity index (χ0v) is 11.2. The first-order valence-corrected chi connectivity index (χ1v) is 6.53. The van der Waals surface area contributed by atoms with Crippen LogP contribution in [0.15, 0.2) is 54.7 Å². The molecule has 100 valence electrons. The third-order valence-corrected chi connectivity index (χ3v) is 3.39. The summed E-state index contributed by atoms with van der Waals surface area (Å²) in [6, 6.07) is 16.2. The molecule has 0 fully saturated rings. The molecule has 0 aliphatic rings. The Bertz CT molecular complexity index is 734. The molecule has 3 rings (SSSR count). The maximum atomic E-state index is 5.77. The van der Waals surface area contributed by atoms with Crippen molar-refractivity contribution >= 4 is 10.8 Å². The number of fused-ring (bicyclic) bond motifs is 1. The molecule has 3 N–H and O–H groups in total. The quantitative estimate of drug-likeness (QED) is 0.563. The van der Waals surface area contributed by atoms with Crippen LogP contribution in [0.5, 0.6) is 0 Å². The van der Waals surface area contributed by atoms with E-state index in [4.69, 9.17) is 5.84 Å². The van der Waals surface area contributed by atoms with E-state index >= 15 is 0 Å². The van der Waals surface area contributed by atoms with E-state index in [-0.39, 0.29) is 6.04 Å². The predicted molar refractivity (Wildman–Crippen MR) is 79.9 cm³/mol. The second-order valence-electron chi connectivity index (χ2n) is 4.70. The third-order valence-electron chi connectivity index (χ3n) is 3.39. The zero-order chi connectivity index (χ0) is 13.9. The molecule has 1 atom stereocenters. The summed E-state index contributed by atoms with van der Waals surface area (Å²) < 4.78 is 0. The lowest BCUT2D eigenvalue weighted by Crippen LogP contribution is -2.29. The number of nitrogens with one attached hydrogen (secondary N) is 1. The van der Waals surface area contributed by atoms with Crippen LogP contribution in [0, 0.1) is 6.92 Å². The summed E-state index contributed by atoms with van der Waals surface area (Å²) in [5.74, 6) is 6.51. The van der Waals surface area contributed by atoms with Gasteiger partial charge in [0.2, 0.25) is 0 Å². The molecule has 0 aliphatic heterocycles. The number of hydrazine groups is 1. The third kappa shape index (κ3) is 2.27. The van der Waals surface area contributed by atoms with Gasteiger partial charge in [0.15, 0.2) is 0 Å². The average Bonchev–Trinajstić information content (AvgIpc) is 2.48. The van der Waals surface area contributed by atoms with Gasteiger partial charge in [0.25, 0.3) is 0 Å². The van der Waals surface area contributed by atoms with Crippen LogP contribution >= 0.6 is 0 Å². The molecule has 4 nitrogen and oxygen atoms in total. The molecular weight excluding hydrogens is 248 g/mol. The molecule has 2 aromatic carbocycles. The van der Waals surface area contributed by atoms with E-state index in [1.807, 2.05) is 31.2 Å². The lowest BCUT2D eigenvalue weighted by molar-refractivity contribution is 0.620. The van der Waals surface area contributed by atoms with Gasteiger partial charge in [-0.3, -0.25) is 5.84 Å². The number of hydrogen-bond acceptors (Lipinski definition) is 4. The van der Waals surface area contributed by atoms with Gasteiger partial charge in [-0.25, -0.2) is 15.4 Å². The van der Waals surface area contributed by atoms with Gasteiger partial charge in [-0.05, 0) is 29.3 Å². The zero-order valence-electron chi connectivity index (χ0n) is 11.2. The summed E-state index contributed by atoms with van der Waals surface area (Å²) in [6.07, 6.45) is 1.76. The molecule has 1 unspecified atom stereocenters. The molecule has 4 heteroatoms. The standard InChI is InChI=1S/C16H16N4/c1-11-18-10-9-15(19-11)16(20-17)14-8-4-6-12-5-2-3-7-13(12)14/h2-10,16,20H,17H2,1H3. The summed E-state index contributed by atoms with van der Waals surface area (Å²) in [4.78, 5) is 8.61. The van der Waals surface area contributed by atoms with Crippen molar-refractivity contribution in [1.82, 2.24) is 15.4 Å². The lowest BCUT2D eigenvalue weighted by Gasteiger charge is -2.18. The average molecular weight is 264 g/mol. The largest absolute Gasteiger partial charge is 0.271 e. The summed E-state index contributed by atoms with van der Waals surface area (Å²) in [6.45, 7) is 1.88. The van der Waals surface area contributed by atoms with Crippen LogP contribution in [0.1, 0.15) is 23.1 Å². The van der Waals surface area contributed by atoms with Crippen LogP contribution in [0.4, 0.5) is 0 Å². The van der Waals surface area contributed by atoms with Gasteiger partial charge in [-0.15, -0.1) is 0 Å². The first kappa shape index (κ1) is 12.7. The SMILES string of the molecule is Cc1nccc(C(NN)c2cccc3ccccc23)n1. The first-order chi connectivity index (χ1) is 9.79. The van der Waals surface area contributed by atoms with Crippen molar-refractivity contribution in [2.45, 2.75) is 13.0 Å². The van der Waals surface area contributed by atoms with Gasteiger partial charge in [0.1, 0.15) is 5.82 Å². The Hall–Kier alpha value is -2.30. The molecule has 0 saturated carbocycles. The van der Waals surface area contributed by atoms with Gasteiger partial charge >= 0.3 is 0 Å². The van der Waals surface area contributed by atoms with Crippen molar-refractivity contribution in [2.24, 2.45) is 5.84 Å². The Kier molecular flexibility index (Phi) is 3.41. The number of aromatic nitrogens is 2. The summed E-state index contributed by atoms with van der Waals surface area (Å²) >= 11 is 0. The molecule has 1 aromatic heterocycles. The Balaban J connectivity index is 2.17. The van der Waals surface area contributed by atoms with E-state index in [1.165, 1.54) is 10.8 Å². The smallest absolute Gasteiger partial charge is 0.125 e. The van der Waals surface area contributed by atoms with Crippen LogP contribution in [0.2, 0.25) is 0 Å². The van der Waals surface area contributed by atoms with Crippen molar-refractivity contribution in [3.8, 4) is 0 Å². The number of nitrogens with zero attached hydrogens (tertiary/aromatic N) is 2. The topological polar surface area (TPSA) is 63.8 Å². The number of hydrogen-bond donors (Lipinski definition) is 2. The molecule has 0 spiro atoms. The normalized spacial score (nSPS) is 12.5. The summed E-state index contributed by atoms with van der Waals surface area (Å²) in [5.41, 5.74) is 4.85. The van der Waals surface area contributed by atoms with Crippen molar-refractivity contribution in [3.63, 3.8) is 0 Å². The Morgan fingerprint density at radius 1 is 1.05 bits per heavy atom. The van der Waals surface area contributed by atoms with Gasteiger partial charge in [0.05, 0.1) is 11.7 Å². The minimum absolute atomic E-state index is 0.150. The van der Waals surface area contributed by atoms with Crippen molar-refractivity contribution in [3.05, 3.63) is 71.8 Å². The minimum Gasteiger partial charge on any atom is -0.271 e. The van der Waals surface area contributed by atoms with Crippen LogP contribution in [-0.4, -0.2) is 9.97 Å². The summed E-state index contributed by atoms with van der Waals surface area (Å²) in [5, 5.41) is 2.37. The molecule has 3 aromatic rings. The van der Waals surface area contributed by atoms with E-state index in [9.17, 15) is 0 Å². The first-order valence-electron chi connectivity index (χ1n) is 6.53. The van der Waals surface area contributed by atoms with E-state index in [0.717, 1.165) is 17.1 Å². The van der Waals surface area contributed by atoms with Crippen LogP contribution < -0.4 is 11.3 Å². The maximum absolute atomic E-state index is 5.77. The van der Waals surface area contributed by atoms with E-state index in [1.54, 1.807) is 6.20 Å². The fraction of sp³-hybridized carbons (Fsp3) is 0.125. The fourth-order valence-corrected chi connectivity index (χ4v) is 2.47. The van der Waals surface area contributed by atoms with Crippen LogP contribution in [0.25, 0.3) is 10.8 Å². The Morgan fingerprint density at radius 2 is 1.85 bits per heavy atom. The van der Waals surface area contributed by atoms with Crippen molar-refractivity contribution < 1.29 is 0 Å². The monoisotopic (exact) mass is 264 g/mol. The second kappa shape index (κ2) is 5.36. The molecule has 0 amide bonds. The number of rotatable bonds is 3. The number of aryl methyl sites for hydroxylation is 1. The molecule has 0 radical (unpaired) electrons. The van der Waals surface area contributed by atoms with Crippen molar-refractivity contribution in [2.75, 3.05) is 0 Å². The minimum atomic E-state index is -0.150. The molecular formula is C16H16N4. The van der Waals surface area contributed by atoms with Gasteiger partial charge in [0, 0.05) is 6.20 Å². The highest BCUT2D eigenvalue weighted by molar-refractivity contribution is 5.86. The number of benzene rings is 2. The van der Waals surface area contributed by atoms with Crippen molar-refractivity contribution in [1.29, 1.82) is 0 Å². The molecule has 0 saturated heterocycles. The highest BCUT2D eigenvalue weighted by atomic mass is 15.2. The molecule has 0 aliphatic carbocycles. The van der Waals surface area contributed by atoms with Crippen LogP contribution in [0.3, 0.4) is 0 Å². The molecule has 1 heterocycles. The molecule has 20 heavy (non-hydrogen) atoms. The summed E-state index contributed by atoms with van der Waals surface area (Å²) in [7, 11) is 0. The maximum Gasteiger partial charge on any atom is 0.125 e. The van der Waals surface area contributed by atoms with E-state index in [0.29, 0.717) is 0 Å². The fourth-order valence-electron chi connectivity index (χ4n) is 2.47. The van der Waals surface area contributed by atoms with Gasteiger partial charge < -0.3 is 0 Å².